The zero-order valence-electron chi connectivity index (χ0n) is 10.8. The Morgan fingerprint density at radius 2 is 2.11 bits per heavy atom. The molecule has 3 nitrogen and oxygen atoms in total. The van der Waals surface area contributed by atoms with E-state index >= 15 is 0 Å². The molecule has 96 valence electrons. The second-order valence-corrected chi connectivity index (χ2v) is 4.41. The predicted molar refractivity (Wildman–Crippen MR) is 73.0 cm³/mol. The van der Waals surface area contributed by atoms with Crippen molar-refractivity contribution in [2.75, 3.05) is 0 Å². The van der Waals surface area contributed by atoms with E-state index in [0.717, 1.165) is 23.2 Å². The lowest BCUT2D eigenvalue weighted by Crippen LogP contribution is -2.04. The molecule has 0 saturated heterocycles. The standard InChI is InChI=1S/C15H13FN2O/c1-3-12-9(2)15(19-14-6-7-17-14)11-8-10(16)4-5-13(11)18-12/h4-8H,3H2,1-2H3. The summed E-state index contributed by atoms with van der Waals surface area (Å²) in [5, 5.41) is 0.678. The molecular weight excluding hydrogens is 243 g/mol. The van der Waals surface area contributed by atoms with Crippen LogP contribution in [0.5, 0.6) is 5.75 Å². The number of rotatable bonds is 3. The zero-order valence-corrected chi connectivity index (χ0v) is 10.8. The van der Waals surface area contributed by atoms with Crippen molar-refractivity contribution >= 4 is 17.1 Å². The lowest BCUT2D eigenvalue weighted by molar-refractivity contribution is 0.418. The first-order chi connectivity index (χ1) is 9.19. The van der Waals surface area contributed by atoms with Crippen molar-refractivity contribution in [3.63, 3.8) is 0 Å². The Balaban J connectivity index is 2.23. The van der Waals surface area contributed by atoms with E-state index in [1.807, 2.05) is 13.8 Å². The quantitative estimate of drug-likeness (QED) is 0.841. The Morgan fingerprint density at radius 3 is 2.74 bits per heavy atom. The van der Waals surface area contributed by atoms with Gasteiger partial charge in [0.2, 0.25) is 5.88 Å². The van der Waals surface area contributed by atoms with Gasteiger partial charge in [-0.05, 0) is 31.5 Å². The van der Waals surface area contributed by atoms with Gasteiger partial charge < -0.3 is 4.74 Å². The third-order valence-electron chi connectivity index (χ3n) is 3.19. The van der Waals surface area contributed by atoms with Crippen LogP contribution in [0.3, 0.4) is 0 Å². The average molecular weight is 256 g/mol. The van der Waals surface area contributed by atoms with Crippen LogP contribution < -0.4 is 4.74 Å². The van der Waals surface area contributed by atoms with Gasteiger partial charge in [0.25, 0.3) is 0 Å². The van der Waals surface area contributed by atoms with Crippen molar-refractivity contribution in [3.8, 4) is 5.75 Å². The van der Waals surface area contributed by atoms with Gasteiger partial charge in [-0.1, -0.05) is 6.92 Å². The van der Waals surface area contributed by atoms with Gasteiger partial charge in [0.1, 0.15) is 11.6 Å². The molecule has 0 radical (unpaired) electrons. The number of nitrogens with zero attached hydrogens (tertiary/aromatic N) is 2. The molecular formula is C15H13FN2O. The second kappa shape index (κ2) is 4.46. The molecule has 2 aromatic rings. The van der Waals surface area contributed by atoms with Crippen LogP contribution in [-0.4, -0.2) is 11.2 Å². The first kappa shape index (κ1) is 11.8. The molecule has 1 aromatic carbocycles. The largest absolute Gasteiger partial charge is 0.438 e. The van der Waals surface area contributed by atoms with Crippen LogP contribution in [-0.2, 0) is 6.42 Å². The predicted octanol–water partition coefficient (Wildman–Crippen LogP) is 3.55. The molecule has 0 N–H and O–H groups in total. The van der Waals surface area contributed by atoms with Crippen LogP contribution in [0.15, 0.2) is 35.2 Å². The number of aliphatic imine (C=N–C) groups is 1. The summed E-state index contributed by atoms with van der Waals surface area (Å²) < 4.78 is 19.2. The van der Waals surface area contributed by atoms with Gasteiger partial charge in [-0.25, -0.2) is 9.38 Å². The molecule has 1 aromatic heterocycles. The molecule has 0 amide bonds. The van der Waals surface area contributed by atoms with Gasteiger partial charge in [-0.2, -0.15) is 0 Å². The molecule has 0 unspecified atom stereocenters. The van der Waals surface area contributed by atoms with E-state index in [9.17, 15) is 4.39 Å². The Hall–Kier alpha value is -2.23. The third-order valence-corrected chi connectivity index (χ3v) is 3.19. The lowest BCUT2D eigenvalue weighted by Gasteiger charge is -2.16. The molecule has 0 saturated carbocycles. The molecule has 1 aliphatic heterocycles. The summed E-state index contributed by atoms with van der Waals surface area (Å²) in [5.41, 5.74) is 2.63. The van der Waals surface area contributed by atoms with Crippen LogP contribution in [0, 0.1) is 12.7 Å². The van der Waals surface area contributed by atoms with E-state index in [0.29, 0.717) is 17.0 Å². The molecule has 0 atom stereocenters. The second-order valence-electron chi connectivity index (χ2n) is 4.41. The van der Waals surface area contributed by atoms with E-state index < -0.39 is 0 Å². The molecule has 2 heterocycles. The fourth-order valence-corrected chi connectivity index (χ4v) is 2.13. The molecule has 0 spiro atoms. The number of pyridine rings is 1. The van der Waals surface area contributed by atoms with Crippen LogP contribution in [0.4, 0.5) is 4.39 Å². The number of ether oxygens (including phenoxy) is 1. The Labute approximate surface area is 110 Å². The Kier molecular flexibility index (Phi) is 2.78. The normalized spacial score (nSPS) is 13.3. The van der Waals surface area contributed by atoms with E-state index in [1.54, 1.807) is 18.4 Å². The van der Waals surface area contributed by atoms with Gasteiger partial charge in [0.15, 0.2) is 0 Å². The summed E-state index contributed by atoms with van der Waals surface area (Å²) in [7, 11) is 0. The molecule has 0 aliphatic carbocycles. The van der Waals surface area contributed by atoms with Gasteiger partial charge in [0.05, 0.1) is 5.52 Å². The average Bonchev–Trinajstić information content (AvgIpc) is 2.35. The van der Waals surface area contributed by atoms with Gasteiger partial charge in [0, 0.05) is 28.9 Å². The number of hydrogen-bond donors (Lipinski definition) is 0. The molecule has 4 heteroatoms. The van der Waals surface area contributed by atoms with Crippen LogP contribution in [0.25, 0.3) is 10.9 Å². The summed E-state index contributed by atoms with van der Waals surface area (Å²) in [6.07, 6.45) is 4.24. The van der Waals surface area contributed by atoms with Gasteiger partial charge >= 0.3 is 0 Å². The Morgan fingerprint density at radius 1 is 1.32 bits per heavy atom. The van der Waals surface area contributed by atoms with Gasteiger partial charge in [-0.15, -0.1) is 0 Å². The molecule has 1 aliphatic rings. The monoisotopic (exact) mass is 256 g/mol. The molecule has 19 heavy (non-hydrogen) atoms. The number of fused-ring (bicyclic) bond motifs is 1. The number of hydrogen-bond acceptors (Lipinski definition) is 3. The van der Waals surface area contributed by atoms with E-state index in [4.69, 9.17) is 4.74 Å². The first-order valence-electron chi connectivity index (χ1n) is 6.20. The molecule has 0 bridgehead atoms. The van der Waals surface area contributed by atoms with Gasteiger partial charge in [-0.3, -0.25) is 4.98 Å². The Bertz CT molecular complexity index is 720. The zero-order chi connectivity index (χ0) is 13.4. The van der Waals surface area contributed by atoms with Crippen molar-refractivity contribution in [3.05, 3.63) is 47.2 Å². The van der Waals surface area contributed by atoms with Crippen LogP contribution >= 0.6 is 0 Å². The topological polar surface area (TPSA) is 34.5 Å². The maximum Gasteiger partial charge on any atom is 0.220 e. The number of benzene rings is 1. The minimum Gasteiger partial charge on any atom is -0.438 e. The summed E-state index contributed by atoms with van der Waals surface area (Å²) >= 11 is 0. The summed E-state index contributed by atoms with van der Waals surface area (Å²) in [4.78, 5) is 8.53. The van der Waals surface area contributed by atoms with E-state index in [1.165, 1.54) is 12.1 Å². The summed E-state index contributed by atoms with van der Waals surface area (Å²) in [6.45, 7) is 3.98. The number of aryl methyl sites for hydroxylation is 1. The highest BCUT2D eigenvalue weighted by Gasteiger charge is 2.15. The van der Waals surface area contributed by atoms with Crippen molar-refractivity contribution < 1.29 is 9.13 Å². The highest BCUT2D eigenvalue weighted by Crippen LogP contribution is 2.33. The fraction of sp³-hybridized carbons (Fsp3) is 0.200. The number of halogens is 1. The first-order valence-corrected chi connectivity index (χ1v) is 6.20. The molecule has 0 fully saturated rings. The smallest absolute Gasteiger partial charge is 0.220 e. The summed E-state index contributed by atoms with van der Waals surface area (Å²) in [5.74, 6) is 0.889. The van der Waals surface area contributed by atoms with E-state index in [-0.39, 0.29) is 5.82 Å². The SMILES string of the molecule is CCc1nc2ccc(F)cc2c(OC2=CC=N2)c1C. The minimum absolute atomic E-state index is 0.297. The van der Waals surface area contributed by atoms with Crippen molar-refractivity contribution in [1.29, 1.82) is 0 Å². The molecule has 3 rings (SSSR count). The van der Waals surface area contributed by atoms with Crippen LogP contribution in [0.2, 0.25) is 0 Å². The highest BCUT2D eigenvalue weighted by molar-refractivity contribution is 5.87. The van der Waals surface area contributed by atoms with Crippen molar-refractivity contribution in [1.82, 2.24) is 4.98 Å². The highest BCUT2D eigenvalue weighted by atomic mass is 19.1. The van der Waals surface area contributed by atoms with Crippen molar-refractivity contribution in [2.24, 2.45) is 4.99 Å². The van der Waals surface area contributed by atoms with E-state index in [2.05, 4.69) is 9.98 Å². The maximum absolute atomic E-state index is 13.4. The minimum atomic E-state index is -0.297. The fourth-order valence-electron chi connectivity index (χ4n) is 2.13. The van der Waals surface area contributed by atoms with Crippen molar-refractivity contribution in [2.45, 2.75) is 20.3 Å². The maximum atomic E-state index is 13.4. The van der Waals surface area contributed by atoms with Crippen LogP contribution in [0.1, 0.15) is 18.2 Å². The number of aromatic nitrogens is 1. The number of allylic oxidation sites excluding steroid dienone is 1. The lowest BCUT2D eigenvalue weighted by atomic mass is 10.1. The third kappa shape index (κ3) is 1.99. The summed E-state index contributed by atoms with van der Waals surface area (Å²) in [6, 6.07) is 4.54.